The SMILES string of the molecule is C=C(O)C(N)CCNCCC(C)N. The lowest BCUT2D eigenvalue weighted by molar-refractivity contribution is 0.359. The smallest absolute Gasteiger partial charge is 0.102 e. The van der Waals surface area contributed by atoms with Crippen molar-refractivity contribution in [3.05, 3.63) is 12.3 Å². The molecule has 0 fully saturated rings. The van der Waals surface area contributed by atoms with Crippen LogP contribution in [0, 0.1) is 0 Å². The van der Waals surface area contributed by atoms with Crippen LogP contribution in [-0.4, -0.2) is 30.3 Å². The van der Waals surface area contributed by atoms with Crippen molar-refractivity contribution in [2.45, 2.75) is 31.8 Å². The molecular formula is C9H21N3O. The normalized spacial score (nSPS) is 15.3. The van der Waals surface area contributed by atoms with E-state index in [0.717, 1.165) is 19.5 Å². The van der Waals surface area contributed by atoms with Crippen LogP contribution in [-0.2, 0) is 0 Å². The second-order valence-electron chi connectivity index (χ2n) is 3.40. The molecule has 13 heavy (non-hydrogen) atoms. The Balaban J connectivity index is 3.21. The van der Waals surface area contributed by atoms with Crippen molar-refractivity contribution < 1.29 is 5.11 Å². The summed E-state index contributed by atoms with van der Waals surface area (Å²) >= 11 is 0. The third kappa shape index (κ3) is 7.77. The van der Waals surface area contributed by atoms with E-state index < -0.39 is 0 Å². The molecule has 0 amide bonds. The molecule has 0 spiro atoms. The molecule has 6 N–H and O–H groups in total. The summed E-state index contributed by atoms with van der Waals surface area (Å²) in [5, 5.41) is 12.1. The van der Waals surface area contributed by atoms with Crippen molar-refractivity contribution in [3.8, 4) is 0 Å². The molecule has 78 valence electrons. The summed E-state index contributed by atoms with van der Waals surface area (Å²) < 4.78 is 0. The Hall–Kier alpha value is -0.580. The van der Waals surface area contributed by atoms with Crippen LogP contribution in [0.25, 0.3) is 0 Å². The number of aliphatic hydroxyl groups excluding tert-OH is 1. The van der Waals surface area contributed by atoms with Gasteiger partial charge in [-0.25, -0.2) is 0 Å². The first-order chi connectivity index (χ1) is 6.04. The molecule has 0 radical (unpaired) electrons. The van der Waals surface area contributed by atoms with Gasteiger partial charge in [-0.05, 0) is 32.9 Å². The molecule has 0 aromatic heterocycles. The molecule has 0 saturated heterocycles. The fourth-order valence-electron chi connectivity index (χ4n) is 0.879. The zero-order valence-corrected chi connectivity index (χ0v) is 8.29. The van der Waals surface area contributed by atoms with Crippen molar-refractivity contribution >= 4 is 0 Å². The minimum absolute atomic E-state index is 0.0500. The maximum atomic E-state index is 8.90. The molecular weight excluding hydrogens is 166 g/mol. The highest BCUT2D eigenvalue weighted by Crippen LogP contribution is 1.95. The number of nitrogens with two attached hydrogens (primary N) is 2. The molecule has 0 aromatic carbocycles. The maximum absolute atomic E-state index is 8.90. The highest BCUT2D eigenvalue weighted by Gasteiger charge is 2.03. The molecule has 0 aliphatic carbocycles. The van der Waals surface area contributed by atoms with Gasteiger partial charge in [-0.15, -0.1) is 0 Å². The Kier molecular flexibility index (Phi) is 6.58. The van der Waals surface area contributed by atoms with E-state index >= 15 is 0 Å². The van der Waals surface area contributed by atoms with Crippen molar-refractivity contribution in [2.75, 3.05) is 13.1 Å². The van der Waals surface area contributed by atoms with E-state index in [4.69, 9.17) is 16.6 Å². The maximum Gasteiger partial charge on any atom is 0.102 e. The number of aliphatic hydroxyl groups is 1. The first-order valence-corrected chi connectivity index (χ1v) is 4.63. The number of rotatable bonds is 7. The highest BCUT2D eigenvalue weighted by atomic mass is 16.3. The van der Waals surface area contributed by atoms with Gasteiger partial charge in [-0.3, -0.25) is 0 Å². The first-order valence-electron chi connectivity index (χ1n) is 4.63. The third-order valence-corrected chi connectivity index (χ3v) is 1.84. The van der Waals surface area contributed by atoms with Gasteiger partial charge in [0.1, 0.15) is 5.76 Å². The molecule has 0 rings (SSSR count). The Bertz CT molecular complexity index is 148. The Morgan fingerprint density at radius 1 is 1.38 bits per heavy atom. The molecule has 0 saturated carbocycles. The summed E-state index contributed by atoms with van der Waals surface area (Å²) in [6.07, 6.45) is 1.66. The Labute approximate surface area is 80.0 Å². The molecule has 0 heterocycles. The standard InChI is InChI=1S/C9H21N3O/c1-7(10)3-5-12-6-4-9(11)8(2)13/h7,9,12-13H,2-6,10-11H2,1H3. The van der Waals surface area contributed by atoms with Crippen LogP contribution in [0.1, 0.15) is 19.8 Å². The number of hydrogen-bond donors (Lipinski definition) is 4. The minimum atomic E-state index is -0.317. The van der Waals surface area contributed by atoms with E-state index in [0.29, 0.717) is 6.42 Å². The number of nitrogens with one attached hydrogen (secondary N) is 1. The molecule has 0 aliphatic rings. The largest absolute Gasteiger partial charge is 0.511 e. The Morgan fingerprint density at radius 2 is 1.92 bits per heavy atom. The summed E-state index contributed by atoms with van der Waals surface area (Å²) in [4.78, 5) is 0. The van der Waals surface area contributed by atoms with Crippen molar-refractivity contribution in [1.29, 1.82) is 0 Å². The average Bonchev–Trinajstić information content (AvgIpc) is 2.02. The van der Waals surface area contributed by atoms with Crippen LogP contribution in [0.5, 0.6) is 0 Å². The lowest BCUT2D eigenvalue weighted by atomic mass is 10.2. The van der Waals surface area contributed by atoms with Gasteiger partial charge in [0.25, 0.3) is 0 Å². The van der Waals surface area contributed by atoms with Crippen LogP contribution < -0.4 is 16.8 Å². The Morgan fingerprint density at radius 3 is 2.38 bits per heavy atom. The lowest BCUT2D eigenvalue weighted by Crippen LogP contribution is -2.30. The van der Waals surface area contributed by atoms with Crippen LogP contribution >= 0.6 is 0 Å². The van der Waals surface area contributed by atoms with Crippen LogP contribution in [0.3, 0.4) is 0 Å². The molecule has 2 atom stereocenters. The van der Waals surface area contributed by atoms with Gasteiger partial charge in [0.2, 0.25) is 0 Å². The fraction of sp³-hybridized carbons (Fsp3) is 0.778. The summed E-state index contributed by atoms with van der Waals surface area (Å²) in [6, 6.07) is -0.0863. The van der Waals surface area contributed by atoms with E-state index in [9.17, 15) is 0 Å². The lowest BCUT2D eigenvalue weighted by Gasteiger charge is -2.11. The molecule has 0 aromatic rings. The van der Waals surface area contributed by atoms with Crippen LogP contribution in [0.4, 0.5) is 0 Å². The van der Waals surface area contributed by atoms with Gasteiger partial charge in [0.15, 0.2) is 0 Å². The van der Waals surface area contributed by atoms with E-state index in [1.807, 2.05) is 6.92 Å². The highest BCUT2D eigenvalue weighted by molar-refractivity contribution is 4.92. The fourth-order valence-corrected chi connectivity index (χ4v) is 0.879. The predicted molar refractivity (Wildman–Crippen MR) is 55.5 cm³/mol. The molecule has 0 aliphatic heterocycles. The first kappa shape index (κ1) is 12.4. The van der Waals surface area contributed by atoms with E-state index in [1.165, 1.54) is 0 Å². The monoisotopic (exact) mass is 187 g/mol. The summed E-state index contributed by atoms with van der Waals surface area (Å²) in [6.45, 7) is 7.02. The van der Waals surface area contributed by atoms with Crippen LogP contribution in [0.15, 0.2) is 12.3 Å². The predicted octanol–water partition coefficient (Wildman–Crippen LogP) is 0.102. The van der Waals surface area contributed by atoms with E-state index in [1.54, 1.807) is 0 Å². The van der Waals surface area contributed by atoms with Gasteiger partial charge < -0.3 is 21.9 Å². The van der Waals surface area contributed by atoms with E-state index in [-0.39, 0.29) is 17.8 Å². The van der Waals surface area contributed by atoms with Gasteiger partial charge in [-0.1, -0.05) is 6.58 Å². The summed E-state index contributed by atoms with van der Waals surface area (Å²) in [5.41, 5.74) is 11.1. The van der Waals surface area contributed by atoms with Gasteiger partial charge in [0.05, 0.1) is 6.04 Å². The third-order valence-electron chi connectivity index (χ3n) is 1.84. The average molecular weight is 187 g/mol. The van der Waals surface area contributed by atoms with E-state index in [2.05, 4.69) is 11.9 Å². The second kappa shape index (κ2) is 6.88. The van der Waals surface area contributed by atoms with Crippen molar-refractivity contribution in [1.82, 2.24) is 5.32 Å². The molecule has 4 nitrogen and oxygen atoms in total. The van der Waals surface area contributed by atoms with Crippen molar-refractivity contribution in [3.63, 3.8) is 0 Å². The quantitative estimate of drug-likeness (QED) is 0.336. The zero-order valence-electron chi connectivity index (χ0n) is 8.29. The van der Waals surface area contributed by atoms with Crippen molar-refractivity contribution in [2.24, 2.45) is 11.5 Å². The summed E-state index contributed by atoms with van der Waals surface area (Å²) in [5.74, 6) is 0.0500. The second-order valence-corrected chi connectivity index (χ2v) is 3.40. The van der Waals surface area contributed by atoms with Gasteiger partial charge >= 0.3 is 0 Å². The summed E-state index contributed by atoms with van der Waals surface area (Å²) in [7, 11) is 0. The van der Waals surface area contributed by atoms with Gasteiger partial charge in [0, 0.05) is 6.04 Å². The number of hydrogen-bond acceptors (Lipinski definition) is 4. The molecule has 0 bridgehead atoms. The molecule has 2 unspecified atom stereocenters. The molecule has 4 heteroatoms. The zero-order chi connectivity index (χ0) is 10.3. The minimum Gasteiger partial charge on any atom is -0.511 e. The topological polar surface area (TPSA) is 84.3 Å². The van der Waals surface area contributed by atoms with Gasteiger partial charge in [-0.2, -0.15) is 0 Å². The van der Waals surface area contributed by atoms with Crippen LogP contribution in [0.2, 0.25) is 0 Å².